The average Bonchev–Trinajstić information content (AvgIpc) is 3.20. The van der Waals surface area contributed by atoms with Crippen molar-refractivity contribution >= 4 is 27.2 Å². The molecule has 0 saturated heterocycles. The first-order chi connectivity index (χ1) is 12.5. The van der Waals surface area contributed by atoms with Crippen LogP contribution in [-0.4, -0.2) is 26.1 Å². The van der Waals surface area contributed by atoms with E-state index in [1.165, 1.54) is 6.42 Å². The molecule has 1 fully saturated rings. The summed E-state index contributed by atoms with van der Waals surface area (Å²) >= 11 is 1.71. The van der Waals surface area contributed by atoms with Crippen LogP contribution in [0.5, 0.6) is 0 Å². The van der Waals surface area contributed by atoms with E-state index < -0.39 is 10.1 Å². The van der Waals surface area contributed by atoms with Gasteiger partial charge in [-0.05, 0) is 42.9 Å². The summed E-state index contributed by atoms with van der Waals surface area (Å²) in [4.78, 5) is 11.5. The molecule has 0 spiro atoms. The van der Waals surface area contributed by atoms with E-state index in [1.807, 2.05) is 22.9 Å². The maximum atomic E-state index is 11.8. The highest BCUT2D eigenvalue weighted by atomic mass is 32.2. The second kappa shape index (κ2) is 14.4. The molecule has 150 valence electrons. The summed E-state index contributed by atoms with van der Waals surface area (Å²) in [5, 5.41) is 4.08. The van der Waals surface area contributed by atoms with Crippen molar-refractivity contribution in [1.82, 2.24) is 0 Å². The van der Waals surface area contributed by atoms with E-state index in [-0.39, 0.29) is 11.9 Å². The molecule has 1 aliphatic rings. The van der Waals surface area contributed by atoms with Gasteiger partial charge in [-0.2, -0.15) is 19.8 Å². The Labute approximate surface area is 163 Å². The lowest BCUT2D eigenvalue weighted by molar-refractivity contribution is -0.119. The van der Waals surface area contributed by atoms with Gasteiger partial charge in [0.2, 0.25) is 0 Å². The highest BCUT2D eigenvalue weighted by molar-refractivity contribution is 7.86. The van der Waals surface area contributed by atoms with Crippen LogP contribution in [0.2, 0.25) is 0 Å². The topological polar surface area (TPSA) is 60.4 Å². The van der Waals surface area contributed by atoms with E-state index in [9.17, 15) is 13.2 Å². The number of hydrogen-bond acceptors (Lipinski definition) is 5. The lowest BCUT2D eigenvalue weighted by atomic mass is 9.98. The Kier molecular flexibility index (Phi) is 12.9. The molecule has 0 radical (unpaired) electrons. The number of rotatable bonds is 11. The van der Waals surface area contributed by atoms with Crippen molar-refractivity contribution in [2.45, 2.75) is 90.1 Å². The fourth-order valence-corrected chi connectivity index (χ4v) is 4.63. The van der Waals surface area contributed by atoms with Crippen LogP contribution < -0.4 is 0 Å². The molecule has 0 N–H and O–H groups in total. The number of hydrogen-bond donors (Lipinski definition) is 0. The van der Waals surface area contributed by atoms with Crippen LogP contribution in [0.4, 0.5) is 0 Å². The van der Waals surface area contributed by atoms with Gasteiger partial charge in [0, 0.05) is 12.8 Å². The first-order valence-corrected chi connectivity index (χ1v) is 12.5. The SMILES string of the molecule is CCCCC(=O)CCCCCS(=O)(=O)OC1CCCCC1.c1ccsc1. The molecule has 0 aliphatic heterocycles. The Morgan fingerprint density at radius 2 is 1.65 bits per heavy atom. The van der Waals surface area contributed by atoms with Gasteiger partial charge in [0.15, 0.2) is 0 Å². The molecule has 2 rings (SSSR count). The monoisotopic (exact) mass is 402 g/mol. The van der Waals surface area contributed by atoms with Crippen LogP contribution in [0.25, 0.3) is 0 Å². The molecule has 1 aliphatic carbocycles. The van der Waals surface area contributed by atoms with Crippen molar-refractivity contribution in [2.75, 3.05) is 5.75 Å². The molecule has 0 atom stereocenters. The largest absolute Gasteiger partial charge is 0.300 e. The Hall–Kier alpha value is -0.720. The summed E-state index contributed by atoms with van der Waals surface area (Å²) in [7, 11) is -3.38. The molecule has 4 nitrogen and oxygen atoms in total. The Balaban J connectivity index is 0.000000577. The van der Waals surface area contributed by atoms with Gasteiger partial charge in [-0.3, -0.25) is 8.98 Å². The minimum absolute atomic E-state index is 0.0899. The zero-order valence-corrected chi connectivity index (χ0v) is 17.7. The smallest absolute Gasteiger partial charge is 0.267 e. The first kappa shape index (κ1) is 23.3. The Morgan fingerprint density at radius 1 is 1.00 bits per heavy atom. The van der Waals surface area contributed by atoms with Crippen LogP contribution in [0.15, 0.2) is 22.9 Å². The zero-order chi connectivity index (χ0) is 19.1. The van der Waals surface area contributed by atoms with Gasteiger partial charge in [-0.15, -0.1) is 0 Å². The molecule has 0 amide bonds. The highest BCUT2D eigenvalue weighted by Crippen LogP contribution is 2.22. The normalized spacial score (nSPS) is 15.3. The first-order valence-electron chi connectivity index (χ1n) is 9.93. The molecule has 6 heteroatoms. The van der Waals surface area contributed by atoms with Gasteiger partial charge in [-0.1, -0.05) is 51.2 Å². The Bertz CT molecular complexity index is 529. The van der Waals surface area contributed by atoms with E-state index >= 15 is 0 Å². The summed E-state index contributed by atoms with van der Waals surface area (Å²) in [5.74, 6) is 0.394. The van der Waals surface area contributed by atoms with Crippen LogP contribution >= 0.6 is 11.3 Å². The second-order valence-corrected chi connectivity index (χ2v) is 9.40. The van der Waals surface area contributed by atoms with Crippen LogP contribution in [0.3, 0.4) is 0 Å². The van der Waals surface area contributed by atoms with Gasteiger partial charge >= 0.3 is 0 Å². The number of thiophene rings is 1. The van der Waals surface area contributed by atoms with E-state index in [1.54, 1.807) is 11.3 Å². The minimum Gasteiger partial charge on any atom is -0.300 e. The quantitative estimate of drug-likeness (QED) is 0.350. The highest BCUT2D eigenvalue weighted by Gasteiger charge is 2.21. The average molecular weight is 403 g/mol. The maximum Gasteiger partial charge on any atom is 0.267 e. The van der Waals surface area contributed by atoms with Crippen LogP contribution in [0, 0.1) is 0 Å². The predicted molar refractivity (Wildman–Crippen MR) is 109 cm³/mol. The molecule has 26 heavy (non-hydrogen) atoms. The van der Waals surface area contributed by atoms with Crippen molar-refractivity contribution < 1.29 is 17.4 Å². The van der Waals surface area contributed by atoms with E-state index in [2.05, 4.69) is 6.92 Å². The number of carbonyl (C=O) groups is 1. The van der Waals surface area contributed by atoms with E-state index in [0.717, 1.165) is 51.4 Å². The van der Waals surface area contributed by atoms with Crippen molar-refractivity contribution in [3.8, 4) is 0 Å². The molecule has 1 aromatic rings. The van der Waals surface area contributed by atoms with Gasteiger partial charge in [-0.25, -0.2) is 0 Å². The molecule has 0 unspecified atom stereocenters. The lowest BCUT2D eigenvalue weighted by Gasteiger charge is -2.21. The summed E-state index contributed by atoms with van der Waals surface area (Å²) in [6, 6.07) is 4.04. The van der Waals surface area contributed by atoms with Crippen molar-refractivity contribution in [2.24, 2.45) is 0 Å². The van der Waals surface area contributed by atoms with Crippen molar-refractivity contribution in [3.63, 3.8) is 0 Å². The van der Waals surface area contributed by atoms with Gasteiger partial charge in [0.05, 0.1) is 11.9 Å². The van der Waals surface area contributed by atoms with Crippen LogP contribution in [0.1, 0.15) is 84.0 Å². The van der Waals surface area contributed by atoms with Gasteiger partial charge in [0.25, 0.3) is 10.1 Å². The molecular formula is C20H34O4S2. The summed E-state index contributed by atoms with van der Waals surface area (Å²) < 4.78 is 29.0. The van der Waals surface area contributed by atoms with Crippen molar-refractivity contribution in [3.05, 3.63) is 22.9 Å². The number of ketones is 1. The molecular weight excluding hydrogens is 368 g/mol. The second-order valence-electron chi connectivity index (χ2n) is 6.86. The van der Waals surface area contributed by atoms with Gasteiger partial charge in [0.1, 0.15) is 5.78 Å². The minimum atomic E-state index is -3.38. The third kappa shape index (κ3) is 12.6. The fraction of sp³-hybridized carbons (Fsp3) is 0.750. The summed E-state index contributed by atoms with van der Waals surface area (Å²) in [5.41, 5.74) is 0. The molecule has 0 aromatic carbocycles. The maximum absolute atomic E-state index is 11.8. The molecule has 1 heterocycles. The van der Waals surface area contributed by atoms with Crippen molar-refractivity contribution in [1.29, 1.82) is 0 Å². The summed E-state index contributed by atoms with van der Waals surface area (Å²) in [6.45, 7) is 2.07. The molecule has 1 saturated carbocycles. The zero-order valence-electron chi connectivity index (χ0n) is 16.0. The van der Waals surface area contributed by atoms with E-state index in [0.29, 0.717) is 25.0 Å². The van der Waals surface area contributed by atoms with Crippen LogP contribution in [-0.2, 0) is 19.1 Å². The number of unbranched alkanes of at least 4 members (excludes halogenated alkanes) is 3. The molecule has 0 bridgehead atoms. The Morgan fingerprint density at radius 3 is 2.23 bits per heavy atom. The fourth-order valence-electron chi connectivity index (χ4n) is 2.92. The number of Topliss-reactive ketones (excluding diaryl/α,β-unsaturated/α-hetero) is 1. The van der Waals surface area contributed by atoms with Gasteiger partial charge < -0.3 is 0 Å². The summed E-state index contributed by atoms with van der Waals surface area (Å²) in [6.07, 6.45) is 10.4. The lowest BCUT2D eigenvalue weighted by Crippen LogP contribution is -2.22. The van der Waals surface area contributed by atoms with E-state index in [4.69, 9.17) is 4.18 Å². The molecule has 1 aromatic heterocycles. The number of carbonyl (C=O) groups excluding carboxylic acids is 1. The standard InChI is InChI=1S/C16H30O4S.C4H4S/c1-2-3-10-15(17)11-6-5-9-14-21(18,19)20-16-12-7-4-8-13-16;1-2-4-5-3-1/h16H,2-14H2,1H3;1-4H. The third-order valence-electron chi connectivity index (χ3n) is 4.42. The third-order valence-corrected chi connectivity index (χ3v) is 6.40. The predicted octanol–water partition coefficient (Wildman–Crippen LogP) is 5.73.